The molecule has 1 aromatic rings. The first-order valence-electron chi connectivity index (χ1n) is 8.25. The van der Waals surface area contributed by atoms with E-state index in [4.69, 9.17) is 4.65 Å². The molecule has 0 aliphatic carbocycles. The highest BCUT2D eigenvalue weighted by Gasteiger charge is 2.33. The zero-order valence-corrected chi connectivity index (χ0v) is 12.7. The van der Waals surface area contributed by atoms with Gasteiger partial charge in [-0.2, -0.15) is 0 Å². The highest BCUT2D eigenvalue weighted by molar-refractivity contribution is 6.61. The van der Waals surface area contributed by atoms with Crippen molar-refractivity contribution in [3.8, 4) is 0 Å². The molecule has 20 heavy (non-hydrogen) atoms. The molecule has 0 radical (unpaired) electrons. The molecule has 1 aromatic carbocycles. The van der Waals surface area contributed by atoms with Crippen LogP contribution in [0.5, 0.6) is 0 Å². The fraction of sp³-hybridized carbons (Fsp3) is 0.647. The zero-order chi connectivity index (χ0) is 14.2. The molecule has 0 saturated carbocycles. The summed E-state index contributed by atoms with van der Waals surface area (Å²) >= 11 is 0. The van der Waals surface area contributed by atoms with Gasteiger partial charge in [-0.3, -0.25) is 0 Å². The lowest BCUT2D eigenvalue weighted by Gasteiger charge is -2.12. The number of unbranched alkanes of at least 4 members (excludes halogenated alkanes) is 7. The van der Waals surface area contributed by atoms with Gasteiger partial charge in [-0.25, -0.2) is 0 Å². The molecule has 0 fully saturated rings. The molecule has 110 valence electrons. The van der Waals surface area contributed by atoms with E-state index in [1.807, 2.05) is 18.2 Å². The van der Waals surface area contributed by atoms with Crippen molar-refractivity contribution in [1.29, 1.82) is 0 Å². The molecule has 2 rings (SSSR count). The van der Waals surface area contributed by atoms with Crippen LogP contribution in [-0.2, 0) is 4.65 Å². The van der Waals surface area contributed by atoms with Crippen LogP contribution in [0.25, 0.3) is 0 Å². The van der Waals surface area contributed by atoms with Gasteiger partial charge < -0.3 is 9.68 Å². The molecular formula is C17H27BO2. The van der Waals surface area contributed by atoms with Crippen LogP contribution in [0.1, 0.15) is 76.4 Å². The highest BCUT2D eigenvalue weighted by atomic mass is 16.5. The van der Waals surface area contributed by atoms with Gasteiger partial charge in [-0.15, -0.1) is 0 Å². The summed E-state index contributed by atoms with van der Waals surface area (Å²) in [5, 5.41) is 9.85. The summed E-state index contributed by atoms with van der Waals surface area (Å²) in [7, 11) is -0.717. The average Bonchev–Trinajstić information content (AvgIpc) is 2.79. The van der Waals surface area contributed by atoms with Crippen LogP contribution in [0.15, 0.2) is 24.3 Å². The van der Waals surface area contributed by atoms with Crippen molar-refractivity contribution in [1.82, 2.24) is 0 Å². The van der Waals surface area contributed by atoms with E-state index in [9.17, 15) is 5.02 Å². The van der Waals surface area contributed by atoms with Crippen LogP contribution in [0.4, 0.5) is 0 Å². The normalized spacial score (nSPS) is 17.5. The molecule has 1 atom stereocenters. The van der Waals surface area contributed by atoms with Gasteiger partial charge in [0.05, 0.1) is 6.10 Å². The average molecular weight is 274 g/mol. The minimum absolute atomic E-state index is 0.0984. The molecule has 1 N–H and O–H groups in total. The van der Waals surface area contributed by atoms with Gasteiger partial charge in [0.25, 0.3) is 0 Å². The molecule has 3 heteroatoms. The SMILES string of the molecule is CCCCCCCCCCC1OB(O)c2ccccc21. The van der Waals surface area contributed by atoms with E-state index in [1.165, 1.54) is 56.9 Å². The number of fused-ring (bicyclic) bond motifs is 1. The van der Waals surface area contributed by atoms with Gasteiger partial charge in [-0.1, -0.05) is 82.6 Å². The number of benzene rings is 1. The van der Waals surface area contributed by atoms with Crippen molar-refractivity contribution < 1.29 is 9.68 Å². The molecule has 1 aliphatic heterocycles. The quantitative estimate of drug-likeness (QED) is 0.545. The maximum atomic E-state index is 9.85. The van der Waals surface area contributed by atoms with E-state index >= 15 is 0 Å². The van der Waals surface area contributed by atoms with Crippen molar-refractivity contribution in [2.75, 3.05) is 0 Å². The highest BCUT2D eigenvalue weighted by Crippen LogP contribution is 2.28. The van der Waals surface area contributed by atoms with Crippen molar-refractivity contribution in [2.45, 2.75) is 70.8 Å². The van der Waals surface area contributed by atoms with Crippen LogP contribution in [0, 0.1) is 0 Å². The van der Waals surface area contributed by atoms with Gasteiger partial charge in [-0.05, 0) is 17.4 Å². The van der Waals surface area contributed by atoms with Crippen LogP contribution in [0.2, 0.25) is 0 Å². The van der Waals surface area contributed by atoms with Crippen molar-refractivity contribution >= 4 is 12.6 Å². The van der Waals surface area contributed by atoms with Crippen LogP contribution >= 0.6 is 0 Å². The van der Waals surface area contributed by atoms with Gasteiger partial charge >= 0.3 is 7.12 Å². The second kappa shape index (κ2) is 8.48. The topological polar surface area (TPSA) is 29.5 Å². The predicted octanol–water partition coefficient (Wildman–Crippen LogP) is 3.98. The summed E-state index contributed by atoms with van der Waals surface area (Å²) in [6.07, 6.45) is 11.8. The van der Waals surface area contributed by atoms with Crippen LogP contribution in [0.3, 0.4) is 0 Å². The predicted molar refractivity (Wildman–Crippen MR) is 85.1 cm³/mol. The third-order valence-electron chi connectivity index (χ3n) is 4.22. The summed E-state index contributed by atoms with van der Waals surface area (Å²) in [6.45, 7) is 2.26. The van der Waals surface area contributed by atoms with Crippen molar-refractivity contribution in [3.05, 3.63) is 29.8 Å². The van der Waals surface area contributed by atoms with E-state index in [2.05, 4.69) is 13.0 Å². The molecule has 1 aliphatic rings. The lowest BCUT2D eigenvalue weighted by molar-refractivity contribution is 0.177. The fourth-order valence-electron chi connectivity index (χ4n) is 3.02. The van der Waals surface area contributed by atoms with Gasteiger partial charge in [0.1, 0.15) is 0 Å². The summed E-state index contributed by atoms with van der Waals surface area (Å²) in [6, 6.07) is 8.04. The second-order valence-electron chi connectivity index (χ2n) is 5.87. The molecular weight excluding hydrogens is 247 g/mol. The molecule has 0 amide bonds. The largest absolute Gasteiger partial charge is 0.491 e. The molecule has 0 bridgehead atoms. The Morgan fingerprint density at radius 2 is 1.65 bits per heavy atom. The fourth-order valence-corrected chi connectivity index (χ4v) is 3.02. The maximum absolute atomic E-state index is 9.85. The Labute approximate surface area is 123 Å². The van der Waals surface area contributed by atoms with Crippen LogP contribution < -0.4 is 5.46 Å². The first-order chi connectivity index (χ1) is 9.83. The van der Waals surface area contributed by atoms with Gasteiger partial charge in [0.15, 0.2) is 0 Å². The summed E-state index contributed by atoms with van der Waals surface area (Å²) < 4.78 is 5.65. The van der Waals surface area contributed by atoms with E-state index in [1.54, 1.807) is 0 Å². The lowest BCUT2D eigenvalue weighted by Crippen LogP contribution is -2.27. The third-order valence-corrected chi connectivity index (χ3v) is 4.22. The van der Waals surface area contributed by atoms with E-state index < -0.39 is 7.12 Å². The summed E-state index contributed by atoms with van der Waals surface area (Å²) in [5.74, 6) is 0. The van der Waals surface area contributed by atoms with Gasteiger partial charge in [0, 0.05) is 0 Å². The summed E-state index contributed by atoms with van der Waals surface area (Å²) in [4.78, 5) is 0. The Kier molecular flexibility index (Phi) is 6.61. The Hall–Kier alpha value is -0.795. The van der Waals surface area contributed by atoms with E-state index in [-0.39, 0.29) is 6.10 Å². The Bertz CT molecular complexity index is 394. The standard InChI is InChI=1S/C17H27BO2/c1-2-3-4-5-6-7-8-9-14-17-15-12-10-11-13-16(15)18(19)20-17/h10-13,17,19H,2-9,14H2,1H3. The Morgan fingerprint density at radius 3 is 2.40 bits per heavy atom. The molecule has 1 heterocycles. The van der Waals surface area contributed by atoms with E-state index in [0.29, 0.717) is 0 Å². The first-order valence-corrected chi connectivity index (χ1v) is 8.25. The minimum atomic E-state index is -0.717. The molecule has 0 aromatic heterocycles. The maximum Gasteiger partial charge on any atom is 0.491 e. The number of hydrogen-bond donors (Lipinski definition) is 1. The van der Waals surface area contributed by atoms with Crippen molar-refractivity contribution in [2.24, 2.45) is 0 Å². The monoisotopic (exact) mass is 274 g/mol. The molecule has 0 saturated heterocycles. The van der Waals surface area contributed by atoms with E-state index in [0.717, 1.165) is 11.9 Å². The van der Waals surface area contributed by atoms with Crippen LogP contribution in [-0.4, -0.2) is 12.1 Å². The Morgan fingerprint density at radius 1 is 1.00 bits per heavy atom. The summed E-state index contributed by atoms with van der Waals surface area (Å²) in [5.41, 5.74) is 2.14. The lowest BCUT2D eigenvalue weighted by atomic mass is 9.79. The van der Waals surface area contributed by atoms with Gasteiger partial charge in [0.2, 0.25) is 0 Å². The number of hydrogen-bond acceptors (Lipinski definition) is 2. The molecule has 1 unspecified atom stereocenters. The smallest absolute Gasteiger partial charge is 0.423 e. The number of rotatable bonds is 9. The molecule has 0 spiro atoms. The molecule has 2 nitrogen and oxygen atoms in total. The minimum Gasteiger partial charge on any atom is -0.423 e. The third kappa shape index (κ3) is 4.36. The first kappa shape index (κ1) is 15.6. The van der Waals surface area contributed by atoms with Crippen molar-refractivity contribution in [3.63, 3.8) is 0 Å². The Balaban J connectivity index is 1.61. The zero-order valence-electron chi connectivity index (χ0n) is 12.7. The second-order valence-corrected chi connectivity index (χ2v) is 5.87.